The third kappa shape index (κ3) is 0.782. The van der Waals surface area contributed by atoms with Crippen LogP contribution < -0.4 is 0 Å². The molecule has 13 heavy (non-hydrogen) atoms. The minimum atomic E-state index is 0.575. The summed E-state index contributed by atoms with van der Waals surface area (Å²) in [5.41, 5.74) is 0.575. The van der Waals surface area contributed by atoms with E-state index < -0.39 is 0 Å². The molecule has 3 saturated carbocycles. The summed E-state index contributed by atoms with van der Waals surface area (Å²) in [6.45, 7) is 6.58. The normalized spacial score (nSPS) is 58.2. The Morgan fingerprint density at radius 1 is 1.38 bits per heavy atom. The Hall–Kier alpha value is -0.260. The van der Waals surface area contributed by atoms with Crippen molar-refractivity contribution in [3.8, 4) is 0 Å². The van der Waals surface area contributed by atoms with E-state index in [2.05, 4.69) is 19.6 Å². The van der Waals surface area contributed by atoms with Crippen LogP contribution in [0.1, 0.15) is 39.0 Å². The topological polar surface area (TPSA) is 0 Å². The summed E-state index contributed by atoms with van der Waals surface area (Å²) in [6.07, 6.45) is 9.82. The van der Waals surface area contributed by atoms with Crippen LogP contribution >= 0.6 is 0 Å². The molecular weight excluding hydrogens is 156 g/mol. The van der Waals surface area contributed by atoms with Crippen LogP contribution in [0.3, 0.4) is 0 Å². The SMILES string of the molecule is C=CC12CC(CC1C)C1CCCC12. The van der Waals surface area contributed by atoms with Gasteiger partial charge in [-0.1, -0.05) is 19.4 Å². The smallest absolute Gasteiger partial charge is 0.00615 e. The molecule has 0 saturated heterocycles. The molecule has 0 amide bonds. The van der Waals surface area contributed by atoms with Crippen molar-refractivity contribution < 1.29 is 0 Å². The minimum Gasteiger partial charge on any atom is -0.103 e. The van der Waals surface area contributed by atoms with Gasteiger partial charge in [-0.05, 0) is 54.8 Å². The van der Waals surface area contributed by atoms with Crippen molar-refractivity contribution in [2.45, 2.75) is 39.0 Å². The van der Waals surface area contributed by atoms with Crippen molar-refractivity contribution in [3.63, 3.8) is 0 Å². The molecule has 72 valence electrons. The predicted molar refractivity (Wildman–Crippen MR) is 55.3 cm³/mol. The molecule has 3 fully saturated rings. The number of hydrogen-bond donors (Lipinski definition) is 0. The van der Waals surface area contributed by atoms with Crippen molar-refractivity contribution in [1.29, 1.82) is 0 Å². The zero-order chi connectivity index (χ0) is 9.05. The van der Waals surface area contributed by atoms with Gasteiger partial charge in [0.1, 0.15) is 0 Å². The van der Waals surface area contributed by atoms with Crippen LogP contribution in [0.15, 0.2) is 12.7 Å². The lowest BCUT2D eigenvalue weighted by molar-refractivity contribution is 0.138. The van der Waals surface area contributed by atoms with Crippen molar-refractivity contribution in [2.75, 3.05) is 0 Å². The fourth-order valence-corrected chi connectivity index (χ4v) is 4.91. The minimum absolute atomic E-state index is 0.575. The van der Waals surface area contributed by atoms with Crippen LogP contribution in [0.5, 0.6) is 0 Å². The van der Waals surface area contributed by atoms with Crippen LogP contribution in [0.4, 0.5) is 0 Å². The molecule has 5 atom stereocenters. The largest absolute Gasteiger partial charge is 0.103 e. The molecule has 0 heterocycles. The molecule has 0 N–H and O–H groups in total. The Morgan fingerprint density at radius 3 is 3.00 bits per heavy atom. The van der Waals surface area contributed by atoms with Gasteiger partial charge in [0.15, 0.2) is 0 Å². The highest BCUT2D eigenvalue weighted by Gasteiger charge is 2.60. The number of fused-ring (bicyclic) bond motifs is 5. The van der Waals surface area contributed by atoms with Gasteiger partial charge in [-0.3, -0.25) is 0 Å². The third-order valence-corrected chi connectivity index (χ3v) is 5.43. The Bertz CT molecular complexity index is 242. The summed E-state index contributed by atoms with van der Waals surface area (Å²) >= 11 is 0. The first kappa shape index (κ1) is 8.08. The zero-order valence-corrected chi connectivity index (χ0v) is 8.63. The molecule has 0 aromatic rings. The van der Waals surface area contributed by atoms with Gasteiger partial charge in [0.25, 0.3) is 0 Å². The molecule has 0 heteroatoms. The Labute approximate surface area is 81.4 Å². The van der Waals surface area contributed by atoms with Crippen molar-refractivity contribution >= 4 is 0 Å². The number of hydrogen-bond acceptors (Lipinski definition) is 0. The first-order valence-electron chi connectivity index (χ1n) is 5.91. The Kier molecular flexibility index (Phi) is 1.49. The van der Waals surface area contributed by atoms with Crippen molar-refractivity contribution in [2.24, 2.45) is 29.1 Å². The summed E-state index contributed by atoms with van der Waals surface area (Å²) in [5.74, 6) is 4.11. The van der Waals surface area contributed by atoms with Gasteiger partial charge in [-0.25, -0.2) is 0 Å². The van der Waals surface area contributed by atoms with E-state index in [1.807, 2.05) is 0 Å². The van der Waals surface area contributed by atoms with Crippen LogP contribution in [-0.2, 0) is 0 Å². The molecule has 2 bridgehead atoms. The molecule has 3 aliphatic rings. The van der Waals surface area contributed by atoms with Gasteiger partial charge in [-0.15, -0.1) is 6.58 Å². The van der Waals surface area contributed by atoms with Crippen molar-refractivity contribution in [1.82, 2.24) is 0 Å². The second-order valence-electron chi connectivity index (χ2n) is 5.62. The maximum absolute atomic E-state index is 4.12. The van der Waals surface area contributed by atoms with Crippen LogP contribution in [0, 0.1) is 29.1 Å². The summed E-state index contributed by atoms with van der Waals surface area (Å²) in [5, 5.41) is 0. The summed E-state index contributed by atoms with van der Waals surface area (Å²) in [4.78, 5) is 0. The quantitative estimate of drug-likeness (QED) is 0.535. The van der Waals surface area contributed by atoms with Gasteiger partial charge in [0, 0.05) is 0 Å². The highest BCUT2D eigenvalue weighted by Crippen LogP contribution is 2.68. The fourth-order valence-electron chi connectivity index (χ4n) is 4.91. The molecule has 0 radical (unpaired) electrons. The highest BCUT2D eigenvalue weighted by atomic mass is 14.6. The van der Waals surface area contributed by atoms with Crippen LogP contribution in [-0.4, -0.2) is 0 Å². The molecule has 5 unspecified atom stereocenters. The molecule has 0 spiro atoms. The summed E-state index contributed by atoms with van der Waals surface area (Å²) in [7, 11) is 0. The molecular formula is C13H20. The maximum Gasteiger partial charge on any atom is -0.00615 e. The lowest BCUT2D eigenvalue weighted by Crippen LogP contribution is -2.32. The number of rotatable bonds is 1. The highest BCUT2D eigenvalue weighted by molar-refractivity contribution is 5.16. The van der Waals surface area contributed by atoms with E-state index in [9.17, 15) is 0 Å². The maximum atomic E-state index is 4.12. The van der Waals surface area contributed by atoms with Gasteiger partial charge < -0.3 is 0 Å². The third-order valence-electron chi connectivity index (χ3n) is 5.43. The zero-order valence-electron chi connectivity index (χ0n) is 8.63. The lowest BCUT2D eigenvalue weighted by Gasteiger charge is -2.38. The molecule has 0 aliphatic heterocycles. The van der Waals surface area contributed by atoms with Gasteiger partial charge in [0.05, 0.1) is 0 Å². The number of allylic oxidation sites excluding steroid dienone is 1. The lowest BCUT2D eigenvalue weighted by atomic mass is 9.66. The summed E-state index contributed by atoms with van der Waals surface area (Å²) < 4.78 is 0. The Morgan fingerprint density at radius 2 is 2.23 bits per heavy atom. The van der Waals surface area contributed by atoms with Gasteiger partial charge in [-0.2, -0.15) is 0 Å². The Balaban J connectivity index is 2.02. The molecule has 0 aromatic heterocycles. The average molecular weight is 176 g/mol. The molecule has 3 aliphatic carbocycles. The standard InChI is InChI=1S/C13H20/c1-3-13-8-10(7-9(13)2)11-5-4-6-12(11)13/h3,9-12H,1,4-8H2,2H3. The van der Waals surface area contributed by atoms with E-state index in [1.54, 1.807) is 0 Å². The van der Waals surface area contributed by atoms with E-state index in [-0.39, 0.29) is 0 Å². The second kappa shape index (κ2) is 2.40. The fraction of sp³-hybridized carbons (Fsp3) is 0.846. The predicted octanol–water partition coefficient (Wildman–Crippen LogP) is 3.63. The average Bonchev–Trinajstić information content (AvgIpc) is 2.72. The van der Waals surface area contributed by atoms with E-state index in [0.717, 1.165) is 23.7 Å². The molecule has 3 rings (SSSR count). The first-order valence-corrected chi connectivity index (χ1v) is 5.91. The van der Waals surface area contributed by atoms with E-state index in [4.69, 9.17) is 0 Å². The van der Waals surface area contributed by atoms with E-state index in [0.29, 0.717) is 5.41 Å². The second-order valence-corrected chi connectivity index (χ2v) is 5.62. The monoisotopic (exact) mass is 176 g/mol. The first-order chi connectivity index (χ1) is 6.28. The molecule has 0 aromatic carbocycles. The van der Waals surface area contributed by atoms with Gasteiger partial charge >= 0.3 is 0 Å². The van der Waals surface area contributed by atoms with Crippen molar-refractivity contribution in [3.05, 3.63) is 12.7 Å². The summed E-state index contributed by atoms with van der Waals surface area (Å²) in [6, 6.07) is 0. The molecule has 0 nitrogen and oxygen atoms in total. The van der Waals surface area contributed by atoms with Crippen LogP contribution in [0.25, 0.3) is 0 Å². The van der Waals surface area contributed by atoms with Gasteiger partial charge in [0.2, 0.25) is 0 Å². The van der Waals surface area contributed by atoms with Crippen LogP contribution in [0.2, 0.25) is 0 Å². The van der Waals surface area contributed by atoms with E-state index >= 15 is 0 Å². The van der Waals surface area contributed by atoms with E-state index in [1.165, 1.54) is 32.1 Å².